The summed E-state index contributed by atoms with van der Waals surface area (Å²) in [5.41, 5.74) is 2.43. The summed E-state index contributed by atoms with van der Waals surface area (Å²) in [6, 6.07) is 7.97. The van der Waals surface area contributed by atoms with Gasteiger partial charge in [0.15, 0.2) is 0 Å². The summed E-state index contributed by atoms with van der Waals surface area (Å²) in [4.78, 5) is 12.1. The molecule has 19 heavy (non-hydrogen) atoms. The van der Waals surface area contributed by atoms with Crippen molar-refractivity contribution in [2.45, 2.75) is 25.9 Å². The van der Waals surface area contributed by atoms with Gasteiger partial charge in [-0.15, -0.1) is 5.10 Å². The van der Waals surface area contributed by atoms with Crippen LogP contribution >= 0.6 is 0 Å². The van der Waals surface area contributed by atoms with Crippen LogP contribution in [-0.2, 0) is 17.8 Å². The maximum Gasteiger partial charge on any atom is 0.322 e. The lowest BCUT2D eigenvalue weighted by Crippen LogP contribution is -2.44. The van der Waals surface area contributed by atoms with E-state index in [4.69, 9.17) is 4.42 Å². The predicted octanol–water partition coefficient (Wildman–Crippen LogP) is 1.03. The third-order valence-electron chi connectivity index (χ3n) is 3.15. The number of rotatable bonds is 2. The largest absolute Gasteiger partial charge is 0.408 e. The molecule has 1 aromatic carbocycles. The van der Waals surface area contributed by atoms with Crippen LogP contribution in [0.1, 0.15) is 17.0 Å². The highest BCUT2D eigenvalue weighted by molar-refractivity contribution is 5.93. The zero-order chi connectivity index (χ0) is 13.2. The van der Waals surface area contributed by atoms with Gasteiger partial charge in [0.25, 0.3) is 0 Å². The fourth-order valence-electron chi connectivity index (χ4n) is 2.18. The molecule has 0 bridgehead atoms. The van der Waals surface area contributed by atoms with Gasteiger partial charge in [-0.05, 0) is 17.5 Å². The molecule has 0 aliphatic carbocycles. The molecular formula is C13H14N4O2. The monoisotopic (exact) mass is 258 g/mol. The topological polar surface area (TPSA) is 80.0 Å². The van der Waals surface area contributed by atoms with Gasteiger partial charge < -0.3 is 9.73 Å². The van der Waals surface area contributed by atoms with Crippen LogP contribution in [0.4, 0.5) is 6.01 Å². The highest BCUT2D eigenvalue weighted by Crippen LogP contribution is 2.17. The quantitative estimate of drug-likeness (QED) is 0.841. The van der Waals surface area contributed by atoms with E-state index in [0.717, 1.165) is 0 Å². The summed E-state index contributed by atoms with van der Waals surface area (Å²) in [7, 11) is 0. The van der Waals surface area contributed by atoms with Gasteiger partial charge in [-0.25, -0.2) is 0 Å². The highest BCUT2D eigenvalue weighted by atomic mass is 16.4. The molecule has 0 saturated heterocycles. The number of carbonyl (C=O) groups is 1. The normalized spacial score (nSPS) is 17.8. The molecule has 1 unspecified atom stereocenters. The van der Waals surface area contributed by atoms with Crippen LogP contribution in [0.5, 0.6) is 0 Å². The molecule has 1 amide bonds. The van der Waals surface area contributed by atoms with Crippen molar-refractivity contribution >= 4 is 11.9 Å². The van der Waals surface area contributed by atoms with E-state index < -0.39 is 0 Å². The summed E-state index contributed by atoms with van der Waals surface area (Å²) < 4.78 is 5.13. The Hall–Kier alpha value is -2.21. The van der Waals surface area contributed by atoms with Gasteiger partial charge in [-0.1, -0.05) is 29.4 Å². The number of benzene rings is 1. The van der Waals surface area contributed by atoms with Crippen LogP contribution in [0.15, 0.2) is 28.7 Å². The van der Waals surface area contributed by atoms with Crippen LogP contribution in [-0.4, -0.2) is 22.1 Å². The van der Waals surface area contributed by atoms with E-state index in [2.05, 4.69) is 26.9 Å². The molecule has 3 rings (SSSR count). The minimum Gasteiger partial charge on any atom is -0.408 e. The molecule has 1 aromatic heterocycles. The first kappa shape index (κ1) is 11.9. The first-order valence-corrected chi connectivity index (χ1v) is 6.13. The van der Waals surface area contributed by atoms with Gasteiger partial charge >= 0.3 is 6.01 Å². The van der Waals surface area contributed by atoms with Crippen LogP contribution in [0.25, 0.3) is 0 Å². The number of aromatic nitrogens is 2. The number of carbonyl (C=O) groups excluding carboxylic acids is 1. The Labute approximate surface area is 110 Å². The van der Waals surface area contributed by atoms with Gasteiger partial charge in [0, 0.05) is 13.5 Å². The predicted molar refractivity (Wildman–Crippen MR) is 68.4 cm³/mol. The Morgan fingerprint density at radius 3 is 2.89 bits per heavy atom. The van der Waals surface area contributed by atoms with Gasteiger partial charge in [-0.2, -0.15) is 0 Å². The van der Waals surface area contributed by atoms with Crippen molar-refractivity contribution in [3.8, 4) is 0 Å². The van der Waals surface area contributed by atoms with Gasteiger partial charge in [0.05, 0.1) is 6.04 Å². The van der Waals surface area contributed by atoms with Crippen molar-refractivity contribution in [3.63, 3.8) is 0 Å². The Kier molecular flexibility index (Phi) is 3.00. The fraction of sp³-hybridized carbons (Fsp3) is 0.308. The summed E-state index contributed by atoms with van der Waals surface area (Å²) in [5, 5.41) is 13.2. The molecule has 0 spiro atoms. The number of fused-ring (bicyclic) bond motifs is 1. The molecule has 98 valence electrons. The molecule has 0 radical (unpaired) electrons. The molecule has 6 nitrogen and oxygen atoms in total. The Morgan fingerprint density at radius 2 is 2.16 bits per heavy atom. The van der Waals surface area contributed by atoms with E-state index >= 15 is 0 Å². The van der Waals surface area contributed by atoms with E-state index in [1.54, 1.807) is 6.92 Å². The molecule has 6 heteroatoms. The van der Waals surface area contributed by atoms with Gasteiger partial charge in [-0.3, -0.25) is 10.1 Å². The molecule has 0 saturated carbocycles. The van der Waals surface area contributed by atoms with Crippen molar-refractivity contribution in [2.24, 2.45) is 0 Å². The van der Waals surface area contributed by atoms with Crippen molar-refractivity contribution in [3.05, 3.63) is 41.3 Å². The Morgan fingerprint density at radius 1 is 1.37 bits per heavy atom. The number of hydrogen-bond acceptors (Lipinski definition) is 5. The van der Waals surface area contributed by atoms with Gasteiger partial charge in [0.2, 0.25) is 11.8 Å². The molecular weight excluding hydrogens is 244 g/mol. The standard InChI is InChI=1S/C13H14N4O2/c1-8-16-17-13(19-8)15-12(18)11-6-9-4-2-3-5-10(9)7-14-11/h2-5,11,14H,6-7H2,1H3,(H,15,17,18). The zero-order valence-electron chi connectivity index (χ0n) is 10.5. The molecule has 1 aliphatic heterocycles. The first-order valence-electron chi connectivity index (χ1n) is 6.13. The second kappa shape index (κ2) is 4.81. The number of aryl methyl sites for hydroxylation is 1. The molecule has 2 heterocycles. The summed E-state index contributed by atoms with van der Waals surface area (Å²) >= 11 is 0. The van der Waals surface area contributed by atoms with Crippen molar-refractivity contribution in [1.29, 1.82) is 0 Å². The number of hydrogen-bond donors (Lipinski definition) is 2. The fourth-order valence-corrected chi connectivity index (χ4v) is 2.18. The van der Waals surface area contributed by atoms with E-state index in [-0.39, 0.29) is 18.0 Å². The smallest absolute Gasteiger partial charge is 0.322 e. The van der Waals surface area contributed by atoms with Crippen molar-refractivity contribution in [1.82, 2.24) is 15.5 Å². The Balaban J connectivity index is 1.69. The number of anilines is 1. The molecule has 1 aliphatic rings. The second-order valence-electron chi connectivity index (χ2n) is 4.52. The first-order chi connectivity index (χ1) is 9.22. The van der Waals surface area contributed by atoms with E-state index in [9.17, 15) is 4.79 Å². The lowest BCUT2D eigenvalue weighted by molar-refractivity contribution is -0.118. The second-order valence-corrected chi connectivity index (χ2v) is 4.52. The Bertz CT molecular complexity index is 608. The van der Waals surface area contributed by atoms with Crippen LogP contribution in [0, 0.1) is 6.92 Å². The third-order valence-corrected chi connectivity index (χ3v) is 3.15. The maximum absolute atomic E-state index is 12.1. The lowest BCUT2D eigenvalue weighted by atomic mass is 9.95. The summed E-state index contributed by atoms with van der Waals surface area (Å²) in [6.07, 6.45) is 0.662. The number of nitrogens with one attached hydrogen (secondary N) is 2. The number of nitrogens with zero attached hydrogens (tertiary/aromatic N) is 2. The SMILES string of the molecule is Cc1nnc(NC(=O)C2Cc3ccccc3CN2)o1. The van der Waals surface area contributed by atoms with Crippen LogP contribution in [0.3, 0.4) is 0 Å². The van der Waals surface area contributed by atoms with Crippen molar-refractivity contribution in [2.75, 3.05) is 5.32 Å². The lowest BCUT2D eigenvalue weighted by Gasteiger charge is -2.24. The van der Waals surface area contributed by atoms with E-state index in [1.807, 2.05) is 18.2 Å². The minimum atomic E-state index is -0.276. The highest BCUT2D eigenvalue weighted by Gasteiger charge is 2.24. The maximum atomic E-state index is 12.1. The minimum absolute atomic E-state index is 0.142. The van der Waals surface area contributed by atoms with E-state index in [0.29, 0.717) is 18.9 Å². The van der Waals surface area contributed by atoms with Crippen LogP contribution in [0.2, 0.25) is 0 Å². The molecule has 2 N–H and O–H groups in total. The zero-order valence-corrected chi connectivity index (χ0v) is 10.5. The van der Waals surface area contributed by atoms with Crippen LogP contribution < -0.4 is 10.6 Å². The average Bonchev–Trinajstić information content (AvgIpc) is 2.83. The number of amides is 1. The van der Waals surface area contributed by atoms with Gasteiger partial charge in [0.1, 0.15) is 0 Å². The molecule has 1 atom stereocenters. The average molecular weight is 258 g/mol. The molecule has 0 fully saturated rings. The summed E-state index contributed by atoms with van der Waals surface area (Å²) in [5.74, 6) is 0.274. The molecule has 2 aromatic rings. The van der Waals surface area contributed by atoms with E-state index in [1.165, 1.54) is 11.1 Å². The third kappa shape index (κ3) is 2.48. The van der Waals surface area contributed by atoms with Crippen molar-refractivity contribution < 1.29 is 9.21 Å². The summed E-state index contributed by atoms with van der Waals surface area (Å²) in [6.45, 7) is 2.37.